The SMILES string of the molecule is N#CC1=C(C#N)[S+]([O-])C(C#N)=C(C#N)S1. The zero-order valence-electron chi connectivity index (χ0n) is 7.01. The van der Waals surface area contributed by atoms with Gasteiger partial charge in [-0.15, -0.1) is 0 Å². The Hall–Kier alpha value is -1.90. The summed E-state index contributed by atoms with van der Waals surface area (Å²) in [6.45, 7) is 0. The van der Waals surface area contributed by atoms with E-state index in [0.29, 0.717) is 11.8 Å². The van der Waals surface area contributed by atoms with Crippen LogP contribution in [0, 0.1) is 45.3 Å². The van der Waals surface area contributed by atoms with Crippen LogP contribution >= 0.6 is 11.8 Å². The zero-order valence-corrected chi connectivity index (χ0v) is 8.65. The Morgan fingerprint density at radius 2 is 1.27 bits per heavy atom. The van der Waals surface area contributed by atoms with Crippen LogP contribution in [0.5, 0.6) is 0 Å². The van der Waals surface area contributed by atoms with Crippen molar-refractivity contribution >= 4 is 22.9 Å². The third kappa shape index (κ3) is 1.81. The monoisotopic (exact) mass is 232 g/mol. The normalized spacial score (nSPS) is 16.3. The van der Waals surface area contributed by atoms with Crippen LogP contribution in [-0.4, -0.2) is 4.55 Å². The first-order valence-corrected chi connectivity index (χ1v) is 5.34. The third-order valence-electron chi connectivity index (χ3n) is 1.39. The maximum atomic E-state index is 11.6. The minimum absolute atomic E-state index is 0.0913. The van der Waals surface area contributed by atoms with Crippen molar-refractivity contribution < 1.29 is 4.55 Å². The summed E-state index contributed by atoms with van der Waals surface area (Å²) < 4.78 is 11.6. The summed E-state index contributed by atoms with van der Waals surface area (Å²) in [7, 11) is 0. The lowest BCUT2D eigenvalue weighted by molar-refractivity contribution is 0.608. The second kappa shape index (κ2) is 4.55. The molecule has 0 aromatic rings. The van der Waals surface area contributed by atoms with Gasteiger partial charge >= 0.3 is 0 Å². The van der Waals surface area contributed by atoms with Gasteiger partial charge in [-0.3, -0.25) is 0 Å². The van der Waals surface area contributed by atoms with E-state index in [1.165, 1.54) is 0 Å². The summed E-state index contributed by atoms with van der Waals surface area (Å²) >= 11 is -1.30. The Labute approximate surface area is 92.7 Å². The molecule has 0 fully saturated rings. The van der Waals surface area contributed by atoms with E-state index in [4.69, 9.17) is 21.0 Å². The highest BCUT2D eigenvalue weighted by molar-refractivity contribution is 8.11. The second-order valence-electron chi connectivity index (χ2n) is 2.13. The van der Waals surface area contributed by atoms with Gasteiger partial charge in [-0.05, 0) is 0 Å². The molecule has 1 heterocycles. The summed E-state index contributed by atoms with van der Waals surface area (Å²) in [4.78, 5) is -0.714. The molecule has 0 N–H and O–H groups in total. The summed E-state index contributed by atoms with van der Waals surface area (Å²) in [5.74, 6) is 0. The van der Waals surface area contributed by atoms with Gasteiger partial charge in [-0.2, -0.15) is 21.0 Å². The molecule has 0 atom stereocenters. The molecule has 7 heteroatoms. The summed E-state index contributed by atoms with van der Waals surface area (Å²) in [6, 6.07) is 6.56. The van der Waals surface area contributed by atoms with E-state index in [1.54, 1.807) is 24.3 Å². The molecule has 5 nitrogen and oxygen atoms in total. The van der Waals surface area contributed by atoms with Crippen LogP contribution in [0.4, 0.5) is 0 Å². The molecule has 0 amide bonds. The Bertz CT molecular complexity index is 487. The van der Waals surface area contributed by atoms with Crippen molar-refractivity contribution in [1.29, 1.82) is 21.0 Å². The lowest BCUT2D eigenvalue weighted by Gasteiger charge is -2.13. The molecule has 70 valence electrons. The van der Waals surface area contributed by atoms with Gasteiger partial charge in [0.25, 0.3) is 9.81 Å². The first-order chi connectivity index (χ1) is 7.19. The quantitative estimate of drug-likeness (QED) is 0.575. The number of allylic oxidation sites excluding steroid dienone is 4. The molecule has 0 aromatic carbocycles. The van der Waals surface area contributed by atoms with Gasteiger partial charge < -0.3 is 4.55 Å². The standard InChI is InChI=1S/C8N4OS2/c9-1-5-7(3-11)15(13)8(4-12)6(2-10)14-5. The number of nitrogens with zero attached hydrogens (tertiary/aromatic N) is 4. The molecule has 15 heavy (non-hydrogen) atoms. The van der Waals surface area contributed by atoms with E-state index in [1.807, 2.05) is 0 Å². The van der Waals surface area contributed by atoms with Crippen molar-refractivity contribution in [3.8, 4) is 24.3 Å². The third-order valence-corrected chi connectivity index (χ3v) is 3.98. The topological polar surface area (TPSA) is 118 Å². The van der Waals surface area contributed by atoms with Crippen LogP contribution in [-0.2, 0) is 11.2 Å². The highest BCUT2D eigenvalue weighted by Gasteiger charge is 2.35. The highest BCUT2D eigenvalue weighted by atomic mass is 32.2. The molecule has 0 spiro atoms. The van der Waals surface area contributed by atoms with E-state index < -0.39 is 11.2 Å². The Morgan fingerprint density at radius 1 is 0.867 bits per heavy atom. The van der Waals surface area contributed by atoms with E-state index >= 15 is 0 Å². The first-order valence-electron chi connectivity index (χ1n) is 3.38. The molecular weight excluding hydrogens is 232 g/mol. The molecule has 0 aliphatic carbocycles. The van der Waals surface area contributed by atoms with Crippen LogP contribution in [0.1, 0.15) is 0 Å². The van der Waals surface area contributed by atoms with Gasteiger partial charge in [0.15, 0.2) is 21.9 Å². The molecular formula is C8N4OS2. The van der Waals surface area contributed by atoms with Gasteiger partial charge in [0.1, 0.15) is 12.1 Å². The van der Waals surface area contributed by atoms with Crippen molar-refractivity contribution in [2.75, 3.05) is 0 Å². The lowest BCUT2D eigenvalue weighted by Crippen LogP contribution is -2.12. The van der Waals surface area contributed by atoms with E-state index in [9.17, 15) is 4.55 Å². The molecule has 1 rings (SSSR count). The van der Waals surface area contributed by atoms with Crippen LogP contribution in [0.15, 0.2) is 19.6 Å². The summed E-state index contributed by atoms with van der Waals surface area (Å²) in [6.07, 6.45) is 0. The van der Waals surface area contributed by atoms with Crippen molar-refractivity contribution in [2.24, 2.45) is 0 Å². The van der Waals surface area contributed by atoms with Crippen molar-refractivity contribution in [2.45, 2.75) is 0 Å². The number of thioether (sulfide) groups is 1. The smallest absolute Gasteiger partial charge is 0.260 e. The summed E-state index contributed by atoms with van der Waals surface area (Å²) in [5.41, 5.74) is 0. The largest absolute Gasteiger partial charge is 0.605 e. The maximum absolute atomic E-state index is 11.6. The number of rotatable bonds is 0. The Kier molecular flexibility index (Phi) is 3.39. The van der Waals surface area contributed by atoms with Crippen molar-refractivity contribution in [1.82, 2.24) is 0 Å². The molecule has 0 saturated heterocycles. The van der Waals surface area contributed by atoms with Gasteiger partial charge in [-0.1, -0.05) is 11.8 Å². The molecule has 0 aromatic heterocycles. The predicted molar refractivity (Wildman–Crippen MR) is 52.2 cm³/mol. The lowest BCUT2D eigenvalue weighted by atomic mass is 10.5. The summed E-state index contributed by atoms with van der Waals surface area (Å²) in [5, 5.41) is 34.6. The highest BCUT2D eigenvalue weighted by Crippen LogP contribution is 2.39. The average molecular weight is 232 g/mol. The maximum Gasteiger partial charge on any atom is 0.260 e. The van der Waals surface area contributed by atoms with E-state index in [0.717, 1.165) is 0 Å². The number of hydrogen-bond donors (Lipinski definition) is 0. The van der Waals surface area contributed by atoms with Crippen molar-refractivity contribution in [3.63, 3.8) is 0 Å². The Balaban J connectivity index is 3.36. The Morgan fingerprint density at radius 3 is 1.53 bits per heavy atom. The molecule has 1 aliphatic rings. The van der Waals surface area contributed by atoms with Crippen LogP contribution in [0.2, 0.25) is 0 Å². The molecule has 0 radical (unpaired) electrons. The van der Waals surface area contributed by atoms with Gasteiger partial charge in [0.2, 0.25) is 0 Å². The second-order valence-corrected chi connectivity index (χ2v) is 4.51. The van der Waals surface area contributed by atoms with E-state index in [-0.39, 0.29) is 19.6 Å². The first kappa shape index (κ1) is 11.2. The molecule has 0 saturated carbocycles. The average Bonchev–Trinajstić information content (AvgIpc) is 2.27. The minimum Gasteiger partial charge on any atom is -0.605 e. The van der Waals surface area contributed by atoms with Gasteiger partial charge in [0.05, 0.1) is 11.2 Å². The minimum atomic E-state index is -2.00. The van der Waals surface area contributed by atoms with Crippen LogP contribution in [0.25, 0.3) is 0 Å². The van der Waals surface area contributed by atoms with E-state index in [2.05, 4.69) is 0 Å². The molecule has 1 aliphatic heterocycles. The van der Waals surface area contributed by atoms with Crippen LogP contribution < -0.4 is 0 Å². The van der Waals surface area contributed by atoms with Gasteiger partial charge in [-0.25, -0.2) is 0 Å². The number of nitriles is 4. The zero-order chi connectivity index (χ0) is 11.4. The fraction of sp³-hybridized carbons (Fsp3) is 0. The predicted octanol–water partition coefficient (Wildman–Crippen LogP) is 0.999. The van der Waals surface area contributed by atoms with Crippen molar-refractivity contribution in [3.05, 3.63) is 19.6 Å². The number of hydrogen-bond acceptors (Lipinski definition) is 6. The fourth-order valence-electron chi connectivity index (χ4n) is 0.797. The van der Waals surface area contributed by atoms with Crippen LogP contribution in [0.3, 0.4) is 0 Å². The molecule has 0 bridgehead atoms. The fourth-order valence-corrected chi connectivity index (χ4v) is 2.87. The molecule has 0 unspecified atom stereocenters. The van der Waals surface area contributed by atoms with Gasteiger partial charge in [0, 0.05) is 0 Å².